The van der Waals surface area contributed by atoms with Gasteiger partial charge in [-0.2, -0.15) is 0 Å². The second-order valence-corrected chi connectivity index (χ2v) is 5.72. The normalized spacial score (nSPS) is 13.0. The van der Waals surface area contributed by atoms with Crippen LogP contribution in [0.4, 0.5) is 0 Å². The lowest BCUT2D eigenvalue weighted by Gasteiger charge is -2.20. The standard InChI is InChI=1S/C18H21N3O4/c1-11(19)16(18(24)21-25)20-17(23)15-8-6-14(7-9-15)13-4-2-12(10-22)3-5-13/h2-9,11,16,22,25H,10,19H2,1H3,(H,20,23)(H,21,24)/t11-,16+/m1/s1. The molecule has 0 radical (unpaired) electrons. The fraction of sp³-hybridized carbons (Fsp3) is 0.222. The summed E-state index contributed by atoms with van der Waals surface area (Å²) >= 11 is 0. The summed E-state index contributed by atoms with van der Waals surface area (Å²) in [4.78, 5) is 23.8. The van der Waals surface area contributed by atoms with E-state index >= 15 is 0 Å². The zero-order valence-electron chi connectivity index (χ0n) is 13.8. The summed E-state index contributed by atoms with van der Waals surface area (Å²) in [7, 11) is 0. The second kappa shape index (κ2) is 8.39. The van der Waals surface area contributed by atoms with E-state index in [0.717, 1.165) is 16.7 Å². The zero-order valence-corrected chi connectivity index (χ0v) is 13.8. The number of aliphatic hydroxyl groups excluding tert-OH is 1. The Morgan fingerprint density at radius 1 is 1.04 bits per heavy atom. The molecule has 2 atom stereocenters. The number of nitrogens with two attached hydrogens (primary N) is 1. The Kier molecular flexibility index (Phi) is 6.24. The Morgan fingerprint density at radius 2 is 1.56 bits per heavy atom. The Hall–Kier alpha value is -2.74. The van der Waals surface area contributed by atoms with Gasteiger partial charge in [0.25, 0.3) is 11.8 Å². The fourth-order valence-electron chi connectivity index (χ4n) is 2.35. The number of amides is 2. The van der Waals surface area contributed by atoms with Gasteiger partial charge in [-0.1, -0.05) is 36.4 Å². The first-order chi connectivity index (χ1) is 12.0. The summed E-state index contributed by atoms with van der Waals surface area (Å²) in [5.41, 5.74) is 10.2. The molecule has 6 N–H and O–H groups in total. The molecule has 0 saturated carbocycles. The molecule has 7 heteroatoms. The molecule has 2 aromatic rings. The van der Waals surface area contributed by atoms with Crippen LogP contribution in [0.5, 0.6) is 0 Å². The van der Waals surface area contributed by atoms with Crippen molar-refractivity contribution >= 4 is 11.8 Å². The van der Waals surface area contributed by atoms with Crippen molar-refractivity contribution in [2.75, 3.05) is 0 Å². The van der Waals surface area contributed by atoms with Crippen molar-refractivity contribution in [2.24, 2.45) is 5.73 Å². The van der Waals surface area contributed by atoms with Gasteiger partial charge in [0.05, 0.1) is 6.61 Å². The van der Waals surface area contributed by atoms with Gasteiger partial charge in [-0.15, -0.1) is 0 Å². The van der Waals surface area contributed by atoms with Crippen molar-refractivity contribution in [3.05, 3.63) is 59.7 Å². The largest absolute Gasteiger partial charge is 0.392 e. The smallest absolute Gasteiger partial charge is 0.267 e. The number of carbonyl (C=O) groups is 2. The average Bonchev–Trinajstić information content (AvgIpc) is 2.65. The Labute approximate surface area is 145 Å². The van der Waals surface area contributed by atoms with E-state index in [1.54, 1.807) is 31.2 Å². The van der Waals surface area contributed by atoms with Gasteiger partial charge in [0, 0.05) is 11.6 Å². The number of nitrogens with one attached hydrogen (secondary N) is 2. The fourth-order valence-corrected chi connectivity index (χ4v) is 2.35. The predicted molar refractivity (Wildman–Crippen MR) is 92.6 cm³/mol. The van der Waals surface area contributed by atoms with Crippen LogP contribution in [0.15, 0.2) is 48.5 Å². The van der Waals surface area contributed by atoms with Crippen molar-refractivity contribution in [3.63, 3.8) is 0 Å². The maximum Gasteiger partial charge on any atom is 0.267 e. The molecule has 0 unspecified atom stereocenters. The molecule has 2 aromatic carbocycles. The van der Waals surface area contributed by atoms with Crippen LogP contribution < -0.4 is 16.5 Å². The van der Waals surface area contributed by atoms with Crippen LogP contribution in [0.3, 0.4) is 0 Å². The van der Waals surface area contributed by atoms with Crippen LogP contribution in [-0.4, -0.2) is 34.2 Å². The highest BCUT2D eigenvalue weighted by molar-refractivity contribution is 5.98. The van der Waals surface area contributed by atoms with Gasteiger partial charge in [-0.05, 0) is 35.7 Å². The van der Waals surface area contributed by atoms with Gasteiger partial charge in [0.15, 0.2) is 0 Å². The highest BCUT2D eigenvalue weighted by Gasteiger charge is 2.24. The van der Waals surface area contributed by atoms with Crippen LogP contribution in [0, 0.1) is 0 Å². The Morgan fingerprint density at radius 3 is 2.00 bits per heavy atom. The number of hydroxylamine groups is 1. The summed E-state index contributed by atoms with van der Waals surface area (Å²) < 4.78 is 0. The number of hydrogen-bond acceptors (Lipinski definition) is 5. The quantitative estimate of drug-likeness (QED) is 0.392. The second-order valence-electron chi connectivity index (χ2n) is 5.72. The molecule has 0 fully saturated rings. The predicted octanol–water partition coefficient (Wildman–Crippen LogP) is 0.797. The monoisotopic (exact) mass is 343 g/mol. The third-order valence-electron chi connectivity index (χ3n) is 3.82. The van der Waals surface area contributed by atoms with Crippen molar-refractivity contribution in [1.29, 1.82) is 0 Å². The Bertz CT molecular complexity index is 727. The molecule has 0 bridgehead atoms. The first-order valence-electron chi connectivity index (χ1n) is 7.77. The first kappa shape index (κ1) is 18.6. The number of carbonyl (C=O) groups excluding carboxylic acids is 2. The van der Waals surface area contributed by atoms with Gasteiger partial charge in [-0.25, -0.2) is 5.48 Å². The van der Waals surface area contributed by atoms with Crippen LogP contribution >= 0.6 is 0 Å². The SMILES string of the molecule is C[C@@H](N)[C@H](NC(=O)c1ccc(-c2ccc(CO)cc2)cc1)C(=O)NO. The average molecular weight is 343 g/mol. The van der Waals surface area contributed by atoms with Gasteiger partial charge in [-0.3, -0.25) is 14.8 Å². The highest BCUT2D eigenvalue weighted by atomic mass is 16.5. The minimum absolute atomic E-state index is 0.0124. The Balaban J connectivity index is 2.12. The lowest BCUT2D eigenvalue weighted by molar-refractivity contribution is -0.131. The zero-order chi connectivity index (χ0) is 18.4. The van der Waals surface area contributed by atoms with E-state index in [-0.39, 0.29) is 6.61 Å². The molecule has 132 valence electrons. The maximum atomic E-state index is 12.3. The van der Waals surface area contributed by atoms with Crippen LogP contribution in [0.25, 0.3) is 11.1 Å². The summed E-state index contributed by atoms with van der Waals surface area (Å²) in [6.07, 6.45) is 0. The molecule has 0 aliphatic heterocycles. The maximum absolute atomic E-state index is 12.3. The van der Waals surface area contributed by atoms with E-state index in [1.165, 1.54) is 5.48 Å². The molecule has 2 amide bonds. The van der Waals surface area contributed by atoms with Gasteiger partial charge in [0.2, 0.25) is 0 Å². The molecular weight excluding hydrogens is 322 g/mol. The minimum atomic E-state index is -1.04. The summed E-state index contributed by atoms with van der Waals surface area (Å²) in [6, 6.07) is 12.6. The molecular formula is C18H21N3O4. The van der Waals surface area contributed by atoms with E-state index < -0.39 is 23.9 Å². The summed E-state index contributed by atoms with van der Waals surface area (Å²) in [5, 5.41) is 20.3. The van der Waals surface area contributed by atoms with E-state index in [2.05, 4.69) is 5.32 Å². The molecule has 0 saturated heterocycles. The molecule has 0 aromatic heterocycles. The summed E-state index contributed by atoms with van der Waals surface area (Å²) in [6.45, 7) is 1.54. The highest BCUT2D eigenvalue weighted by Crippen LogP contribution is 2.20. The summed E-state index contributed by atoms with van der Waals surface area (Å²) in [5.74, 6) is -1.24. The third kappa shape index (κ3) is 4.63. The number of benzene rings is 2. The lowest BCUT2D eigenvalue weighted by atomic mass is 10.0. The lowest BCUT2D eigenvalue weighted by Crippen LogP contribution is -2.54. The molecule has 7 nitrogen and oxygen atoms in total. The van der Waals surface area contributed by atoms with Crippen LogP contribution in [0.2, 0.25) is 0 Å². The molecule has 0 aliphatic carbocycles. The van der Waals surface area contributed by atoms with Gasteiger partial charge >= 0.3 is 0 Å². The number of hydrogen-bond donors (Lipinski definition) is 5. The van der Waals surface area contributed by atoms with Crippen molar-refractivity contribution in [2.45, 2.75) is 25.6 Å². The molecule has 25 heavy (non-hydrogen) atoms. The molecule has 0 spiro atoms. The van der Waals surface area contributed by atoms with E-state index in [0.29, 0.717) is 5.56 Å². The van der Waals surface area contributed by atoms with E-state index in [4.69, 9.17) is 16.0 Å². The molecule has 0 aliphatic rings. The third-order valence-corrected chi connectivity index (χ3v) is 3.82. The minimum Gasteiger partial charge on any atom is -0.392 e. The molecule has 0 heterocycles. The van der Waals surface area contributed by atoms with Crippen molar-refractivity contribution in [1.82, 2.24) is 10.8 Å². The van der Waals surface area contributed by atoms with Crippen molar-refractivity contribution in [3.8, 4) is 11.1 Å². The van der Waals surface area contributed by atoms with Crippen molar-refractivity contribution < 1.29 is 19.9 Å². The van der Waals surface area contributed by atoms with Crippen LogP contribution in [0.1, 0.15) is 22.8 Å². The first-order valence-corrected chi connectivity index (χ1v) is 7.77. The number of rotatable bonds is 6. The van der Waals surface area contributed by atoms with E-state index in [9.17, 15) is 9.59 Å². The van der Waals surface area contributed by atoms with Gasteiger partial charge < -0.3 is 16.2 Å². The van der Waals surface area contributed by atoms with Gasteiger partial charge in [0.1, 0.15) is 6.04 Å². The molecule has 2 rings (SSSR count). The van der Waals surface area contributed by atoms with Crippen LogP contribution in [-0.2, 0) is 11.4 Å². The topological polar surface area (TPSA) is 125 Å². The van der Waals surface area contributed by atoms with E-state index in [1.807, 2.05) is 24.3 Å². The number of aliphatic hydroxyl groups is 1.